The number of rotatable bonds is 55. The molecule has 0 fully saturated rings. The van der Waals surface area contributed by atoms with Gasteiger partial charge in [0.05, 0.1) is 0 Å². The van der Waals surface area contributed by atoms with Crippen LogP contribution in [0.5, 0.6) is 0 Å². The Labute approximate surface area is 451 Å². The molecule has 0 heterocycles. The fraction of sp³-hybridized carbons (Fsp3) is 0.716. The highest BCUT2D eigenvalue weighted by atomic mass is 16.6. The Bertz CT molecular complexity index is 1440. The van der Waals surface area contributed by atoms with Gasteiger partial charge in [-0.05, 0) is 116 Å². The van der Waals surface area contributed by atoms with Gasteiger partial charge in [0.1, 0.15) is 13.2 Å². The van der Waals surface area contributed by atoms with E-state index < -0.39 is 6.10 Å². The van der Waals surface area contributed by atoms with Crippen molar-refractivity contribution in [1.82, 2.24) is 0 Å². The average molecular weight is 1020 g/mol. The average Bonchev–Trinajstić information content (AvgIpc) is 3.39. The predicted molar refractivity (Wildman–Crippen MR) is 316 cm³/mol. The van der Waals surface area contributed by atoms with Gasteiger partial charge in [-0.15, -0.1) is 0 Å². The summed E-state index contributed by atoms with van der Waals surface area (Å²) < 4.78 is 16.8. The van der Waals surface area contributed by atoms with E-state index in [-0.39, 0.29) is 37.5 Å². The van der Waals surface area contributed by atoms with Crippen LogP contribution in [0.15, 0.2) is 97.2 Å². The molecule has 6 nitrogen and oxygen atoms in total. The van der Waals surface area contributed by atoms with E-state index in [2.05, 4.69) is 118 Å². The lowest BCUT2D eigenvalue weighted by atomic mass is 10.0. The molecule has 1 atom stereocenters. The van der Waals surface area contributed by atoms with Gasteiger partial charge in [0.25, 0.3) is 0 Å². The van der Waals surface area contributed by atoms with Gasteiger partial charge >= 0.3 is 17.9 Å². The summed E-state index contributed by atoms with van der Waals surface area (Å²) in [5.41, 5.74) is 0. The van der Waals surface area contributed by atoms with Gasteiger partial charge in [0.2, 0.25) is 0 Å². The number of allylic oxidation sites excluding steroid dienone is 16. The molecule has 6 heteroatoms. The molecule has 0 saturated carbocycles. The number of hydrogen-bond acceptors (Lipinski definition) is 6. The molecule has 0 amide bonds. The summed E-state index contributed by atoms with van der Waals surface area (Å²) in [6, 6.07) is 0. The molecular formula is C67H114O6. The molecule has 0 saturated heterocycles. The van der Waals surface area contributed by atoms with Crippen LogP contribution in [0.2, 0.25) is 0 Å². The lowest BCUT2D eigenvalue weighted by molar-refractivity contribution is -0.167. The molecular weight excluding hydrogens is 901 g/mol. The standard InChI is InChI=1S/C67H114O6/c1-4-7-10-13-16-19-22-25-26-27-28-29-30-31-32-33-34-35-36-37-38-39-40-43-45-48-51-54-57-60-66(69)72-63-64(73-67(70)61-58-55-52-49-46-42-24-21-18-15-12-9-6-3)62-71-65(68)59-56-53-50-47-44-41-23-20-17-14-11-8-5-2/h8-9,11-12,17-18,20-22,25,27-28,41-42,44,46,64H,4-7,10,13-16,19,23-24,26,29-40,43,45,47-63H2,1-3H3/b11-8-,12-9-,20-17-,21-18-,25-22-,28-27-,44-41-,46-42-. The lowest BCUT2D eigenvalue weighted by Gasteiger charge is -2.18. The highest BCUT2D eigenvalue weighted by Gasteiger charge is 2.19. The summed E-state index contributed by atoms with van der Waals surface area (Å²) in [6.07, 6.45) is 81.5. The molecule has 1 unspecified atom stereocenters. The van der Waals surface area contributed by atoms with Crippen molar-refractivity contribution in [2.45, 2.75) is 297 Å². The number of unbranched alkanes of at least 4 members (excludes halogenated alkanes) is 28. The van der Waals surface area contributed by atoms with Crippen LogP contribution in [-0.2, 0) is 28.6 Å². The van der Waals surface area contributed by atoms with Crippen LogP contribution in [0.4, 0.5) is 0 Å². The third kappa shape index (κ3) is 59.1. The predicted octanol–water partition coefficient (Wildman–Crippen LogP) is 20.9. The maximum atomic E-state index is 12.8. The zero-order valence-electron chi connectivity index (χ0n) is 47.9. The lowest BCUT2D eigenvalue weighted by Crippen LogP contribution is -2.30. The molecule has 0 N–H and O–H groups in total. The maximum Gasteiger partial charge on any atom is 0.306 e. The molecule has 0 radical (unpaired) electrons. The fourth-order valence-corrected chi connectivity index (χ4v) is 8.50. The second kappa shape index (κ2) is 60.9. The first kappa shape index (κ1) is 69.3. The quantitative estimate of drug-likeness (QED) is 0.0261. The van der Waals surface area contributed by atoms with Crippen LogP contribution in [-0.4, -0.2) is 37.2 Å². The molecule has 0 rings (SSSR count). The number of carbonyl (C=O) groups is 3. The minimum atomic E-state index is -0.805. The third-order valence-electron chi connectivity index (χ3n) is 13.1. The molecule has 0 aromatic heterocycles. The first-order chi connectivity index (χ1) is 36.0. The molecule has 0 aliphatic carbocycles. The van der Waals surface area contributed by atoms with Crippen LogP contribution in [0.3, 0.4) is 0 Å². The molecule has 0 aliphatic rings. The maximum absolute atomic E-state index is 12.8. The van der Waals surface area contributed by atoms with Crippen LogP contribution in [0.1, 0.15) is 290 Å². The van der Waals surface area contributed by atoms with E-state index in [1.807, 2.05) is 0 Å². The Hall–Kier alpha value is -3.67. The topological polar surface area (TPSA) is 78.9 Å². The zero-order valence-corrected chi connectivity index (χ0v) is 47.9. The Morgan fingerprint density at radius 1 is 0.288 bits per heavy atom. The third-order valence-corrected chi connectivity index (χ3v) is 13.1. The minimum absolute atomic E-state index is 0.0980. The molecule has 0 aromatic rings. The van der Waals surface area contributed by atoms with Gasteiger partial charge in [-0.1, -0.05) is 253 Å². The summed E-state index contributed by atoms with van der Waals surface area (Å²) in [7, 11) is 0. The van der Waals surface area contributed by atoms with Crippen molar-refractivity contribution in [2.24, 2.45) is 0 Å². The fourth-order valence-electron chi connectivity index (χ4n) is 8.50. The number of carbonyl (C=O) groups excluding carboxylic acids is 3. The van der Waals surface area contributed by atoms with Crippen molar-refractivity contribution in [1.29, 1.82) is 0 Å². The Balaban J connectivity index is 4.21. The normalized spacial score (nSPS) is 12.8. The molecule has 0 bridgehead atoms. The van der Waals surface area contributed by atoms with Crippen molar-refractivity contribution < 1.29 is 28.6 Å². The molecule has 0 spiro atoms. The van der Waals surface area contributed by atoms with Crippen LogP contribution < -0.4 is 0 Å². The molecule has 73 heavy (non-hydrogen) atoms. The Morgan fingerprint density at radius 2 is 0.534 bits per heavy atom. The van der Waals surface area contributed by atoms with Gasteiger partial charge in [0.15, 0.2) is 6.10 Å². The van der Waals surface area contributed by atoms with Gasteiger partial charge in [0, 0.05) is 19.3 Å². The summed E-state index contributed by atoms with van der Waals surface area (Å²) in [4.78, 5) is 38.1. The SMILES string of the molecule is CC/C=C\C/C=C\C/C=C\CCCCCC(=O)OCC(COC(=O)CCCCCCCCCCCCCCCCCCC/C=C\C/C=C\CCCCCCC)OC(=O)CCCCC/C=C\C/C=C\C/C=C\CC. The van der Waals surface area contributed by atoms with E-state index in [1.165, 1.54) is 135 Å². The molecule has 0 aliphatic heterocycles. The second-order valence-corrected chi connectivity index (χ2v) is 20.2. The Morgan fingerprint density at radius 3 is 0.849 bits per heavy atom. The van der Waals surface area contributed by atoms with E-state index in [0.717, 1.165) is 116 Å². The van der Waals surface area contributed by atoms with E-state index in [1.54, 1.807) is 0 Å². The smallest absolute Gasteiger partial charge is 0.306 e. The monoisotopic (exact) mass is 1010 g/mol. The van der Waals surface area contributed by atoms with Crippen LogP contribution >= 0.6 is 0 Å². The highest BCUT2D eigenvalue weighted by Crippen LogP contribution is 2.16. The van der Waals surface area contributed by atoms with Crippen LogP contribution in [0, 0.1) is 0 Å². The summed E-state index contributed by atoms with van der Waals surface area (Å²) in [5.74, 6) is -0.954. The van der Waals surface area contributed by atoms with E-state index in [4.69, 9.17) is 14.2 Å². The largest absolute Gasteiger partial charge is 0.462 e. The first-order valence-corrected chi connectivity index (χ1v) is 30.7. The van der Waals surface area contributed by atoms with Gasteiger partial charge < -0.3 is 14.2 Å². The number of hydrogen-bond donors (Lipinski definition) is 0. The molecule has 418 valence electrons. The summed E-state index contributed by atoms with van der Waals surface area (Å²) >= 11 is 0. The molecule has 0 aromatic carbocycles. The zero-order chi connectivity index (χ0) is 52.9. The highest BCUT2D eigenvalue weighted by molar-refractivity contribution is 5.71. The van der Waals surface area contributed by atoms with Gasteiger partial charge in [-0.2, -0.15) is 0 Å². The van der Waals surface area contributed by atoms with Crippen molar-refractivity contribution in [3.05, 3.63) is 97.2 Å². The number of ether oxygens (including phenoxy) is 3. The van der Waals surface area contributed by atoms with E-state index in [9.17, 15) is 14.4 Å². The van der Waals surface area contributed by atoms with E-state index >= 15 is 0 Å². The number of esters is 3. The summed E-state index contributed by atoms with van der Waals surface area (Å²) in [5, 5.41) is 0. The Kier molecular flexibility index (Phi) is 57.8. The van der Waals surface area contributed by atoms with Crippen molar-refractivity contribution in [3.63, 3.8) is 0 Å². The van der Waals surface area contributed by atoms with Crippen molar-refractivity contribution >= 4 is 17.9 Å². The van der Waals surface area contributed by atoms with Crippen molar-refractivity contribution in [3.8, 4) is 0 Å². The minimum Gasteiger partial charge on any atom is -0.462 e. The van der Waals surface area contributed by atoms with Crippen molar-refractivity contribution in [2.75, 3.05) is 13.2 Å². The van der Waals surface area contributed by atoms with Gasteiger partial charge in [-0.3, -0.25) is 14.4 Å². The summed E-state index contributed by atoms with van der Waals surface area (Å²) in [6.45, 7) is 6.36. The van der Waals surface area contributed by atoms with E-state index in [0.29, 0.717) is 12.8 Å². The first-order valence-electron chi connectivity index (χ1n) is 30.7. The second-order valence-electron chi connectivity index (χ2n) is 20.2. The van der Waals surface area contributed by atoms with Crippen LogP contribution in [0.25, 0.3) is 0 Å². The van der Waals surface area contributed by atoms with Gasteiger partial charge in [-0.25, -0.2) is 0 Å².